The standard InChI is InChI=1S/C25H21NO/c1-16-22-18-12-9-15-21-23(18)25(22,27-24(16,2)3)19-13-7-8-14-20(19)26(21)17-10-5-4-6-11-17/h4-15H,1-3H3. The second kappa shape index (κ2) is 4.71. The summed E-state index contributed by atoms with van der Waals surface area (Å²) in [5.41, 5.74) is 9.52. The van der Waals surface area contributed by atoms with Crippen molar-refractivity contribution >= 4 is 22.6 Å². The quantitative estimate of drug-likeness (QED) is 0.509. The second-order valence-corrected chi connectivity index (χ2v) is 8.18. The van der Waals surface area contributed by atoms with Crippen molar-refractivity contribution in [1.29, 1.82) is 0 Å². The molecule has 1 atom stereocenters. The van der Waals surface area contributed by atoms with Crippen molar-refractivity contribution in [1.82, 2.24) is 0 Å². The van der Waals surface area contributed by atoms with Gasteiger partial charge in [-0.25, -0.2) is 0 Å². The van der Waals surface area contributed by atoms with Gasteiger partial charge in [0.2, 0.25) is 0 Å². The molecule has 1 spiro atoms. The molecule has 0 saturated heterocycles. The Kier molecular flexibility index (Phi) is 2.66. The van der Waals surface area contributed by atoms with Crippen LogP contribution in [0, 0.1) is 0 Å². The molecule has 27 heavy (non-hydrogen) atoms. The molecule has 1 aliphatic carbocycles. The summed E-state index contributed by atoms with van der Waals surface area (Å²) in [7, 11) is 0. The molecule has 0 aromatic heterocycles. The monoisotopic (exact) mass is 351 g/mol. The predicted molar refractivity (Wildman–Crippen MR) is 110 cm³/mol. The lowest BCUT2D eigenvalue weighted by molar-refractivity contribution is -0.0559. The van der Waals surface area contributed by atoms with Gasteiger partial charge in [0.05, 0.1) is 17.0 Å². The van der Waals surface area contributed by atoms with Crippen molar-refractivity contribution in [3.8, 4) is 0 Å². The third kappa shape index (κ3) is 1.61. The highest BCUT2D eigenvalue weighted by atomic mass is 16.5. The van der Waals surface area contributed by atoms with E-state index in [0.717, 1.165) is 0 Å². The first-order valence-electron chi connectivity index (χ1n) is 9.56. The highest BCUT2D eigenvalue weighted by Gasteiger charge is 2.63. The summed E-state index contributed by atoms with van der Waals surface area (Å²) >= 11 is 0. The molecule has 2 aliphatic heterocycles. The van der Waals surface area contributed by atoms with Gasteiger partial charge in [-0.2, -0.15) is 0 Å². The van der Waals surface area contributed by atoms with E-state index in [9.17, 15) is 0 Å². The van der Waals surface area contributed by atoms with Crippen LogP contribution in [0.25, 0.3) is 5.57 Å². The van der Waals surface area contributed by atoms with Gasteiger partial charge in [-0.05, 0) is 56.2 Å². The van der Waals surface area contributed by atoms with E-state index in [1.165, 1.54) is 44.9 Å². The van der Waals surface area contributed by atoms with E-state index in [1.807, 2.05) is 0 Å². The number of anilines is 3. The molecule has 0 N–H and O–H groups in total. The van der Waals surface area contributed by atoms with Crippen LogP contribution in [-0.4, -0.2) is 5.60 Å². The number of nitrogens with zero attached hydrogens (tertiary/aromatic N) is 1. The number of hydrogen-bond acceptors (Lipinski definition) is 2. The Hall–Kier alpha value is -2.84. The molecule has 2 nitrogen and oxygen atoms in total. The fourth-order valence-corrected chi connectivity index (χ4v) is 5.16. The highest BCUT2D eigenvalue weighted by Crippen LogP contribution is 2.70. The van der Waals surface area contributed by atoms with Crippen molar-refractivity contribution in [2.45, 2.75) is 32.0 Å². The minimum atomic E-state index is -0.429. The van der Waals surface area contributed by atoms with Crippen molar-refractivity contribution in [3.63, 3.8) is 0 Å². The molecule has 0 saturated carbocycles. The first kappa shape index (κ1) is 15.2. The van der Waals surface area contributed by atoms with Crippen LogP contribution < -0.4 is 4.90 Å². The van der Waals surface area contributed by atoms with Crippen molar-refractivity contribution in [2.75, 3.05) is 4.90 Å². The Labute approximate surface area is 159 Å². The van der Waals surface area contributed by atoms with Crippen LogP contribution in [0.5, 0.6) is 0 Å². The van der Waals surface area contributed by atoms with E-state index in [0.29, 0.717) is 0 Å². The molecule has 3 aromatic carbocycles. The van der Waals surface area contributed by atoms with Crippen LogP contribution in [-0.2, 0) is 10.3 Å². The van der Waals surface area contributed by atoms with Crippen molar-refractivity contribution < 1.29 is 4.74 Å². The molecule has 2 heteroatoms. The Morgan fingerprint density at radius 2 is 1.48 bits per heavy atom. The smallest absolute Gasteiger partial charge is 0.150 e. The molecule has 3 aromatic rings. The average molecular weight is 351 g/mol. The second-order valence-electron chi connectivity index (χ2n) is 8.18. The minimum Gasteiger partial charge on any atom is -0.350 e. The zero-order valence-corrected chi connectivity index (χ0v) is 15.8. The topological polar surface area (TPSA) is 12.5 Å². The molecule has 6 rings (SSSR count). The zero-order chi connectivity index (χ0) is 18.4. The van der Waals surface area contributed by atoms with Gasteiger partial charge in [0.1, 0.15) is 5.60 Å². The molecule has 132 valence electrons. The van der Waals surface area contributed by atoms with Crippen LogP contribution in [0.4, 0.5) is 17.1 Å². The van der Waals surface area contributed by atoms with Crippen LogP contribution in [0.3, 0.4) is 0 Å². The lowest BCUT2D eigenvalue weighted by Gasteiger charge is -2.51. The Morgan fingerprint density at radius 1 is 0.778 bits per heavy atom. The molecule has 1 unspecified atom stereocenters. The van der Waals surface area contributed by atoms with Crippen molar-refractivity contribution in [3.05, 3.63) is 95.1 Å². The van der Waals surface area contributed by atoms with E-state index in [4.69, 9.17) is 4.74 Å². The van der Waals surface area contributed by atoms with E-state index >= 15 is 0 Å². The molecule has 0 amide bonds. The average Bonchev–Trinajstić information content (AvgIpc) is 2.84. The normalized spacial score (nSPS) is 23.4. The molecule has 2 heterocycles. The largest absolute Gasteiger partial charge is 0.350 e. The number of ether oxygens (including phenoxy) is 1. The van der Waals surface area contributed by atoms with Crippen LogP contribution in [0.15, 0.2) is 78.4 Å². The summed E-state index contributed by atoms with van der Waals surface area (Å²) in [4.78, 5) is 2.38. The molecular formula is C25H21NO. The first-order chi connectivity index (χ1) is 13.1. The zero-order valence-electron chi connectivity index (χ0n) is 15.8. The van der Waals surface area contributed by atoms with E-state index in [-0.39, 0.29) is 5.60 Å². The third-order valence-corrected chi connectivity index (χ3v) is 6.48. The fourth-order valence-electron chi connectivity index (χ4n) is 5.16. The van der Waals surface area contributed by atoms with Gasteiger partial charge in [-0.3, -0.25) is 0 Å². The summed E-state index contributed by atoms with van der Waals surface area (Å²) < 4.78 is 6.87. The fraction of sp³-hybridized carbons (Fsp3) is 0.200. The molecule has 3 aliphatic rings. The highest BCUT2D eigenvalue weighted by molar-refractivity contribution is 6.04. The van der Waals surface area contributed by atoms with Gasteiger partial charge in [-0.15, -0.1) is 0 Å². The number of benzene rings is 3. The van der Waals surface area contributed by atoms with Crippen LogP contribution in [0.1, 0.15) is 37.5 Å². The summed E-state index contributed by atoms with van der Waals surface area (Å²) in [6.45, 7) is 6.61. The number of para-hydroxylation sites is 2. The van der Waals surface area contributed by atoms with Gasteiger partial charge in [0.25, 0.3) is 0 Å². The Balaban J connectivity index is 1.73. The van der Waals surface area contributed by atoms with Gasteiger partial charge in [-0.1, -0.05) is 48.5 Å². The number of hydrogen-bond donors (Lipinski definition) is 0. The van der Waals surface area contributed by atoms with Gasteiger partial charge in [0.15, 0.2) is 0 Å². The molecule has 0 bridgehead atoms. The van der Waals surface area contributed by atoms with Gasteiger partial charge in [0, 0.05) is 22.4 Å². The predicted octanol–water partition coefficient (Wildman–Crippen LogP) is 6.31. The minimum absolute atomic E-state index is 0.270. The summed E-state index contributed by atoms with van der Waals surface area (Å²) in [5, 5.41) is 0. The van der Waals surface area contributed by atoms with E-state index in [2.05, 4.69) is 98.5 Å². The lowest BCUT2D eigenvalue weighted by Crippen LogP contribution is -2.45. The molecular weight excluding hydrogens is 330 g/mol. The van der Waals surface area contributed by atoms with Crippen LogP contribution in [0.2, 0.25) is 0 Å². The first-order valence-corrected chi connectivity index (χ1v) is 9.56. The Bertz CT molecular complexity index is 1140. The van der Waals surface area contributed by atoms with Gasteiger partial charge < -0.3 is 9.64 Å². The summed E-state index contributed by atoms with van der Waals surface area (Å²) in [6.07, 6.45) is 0. The molecule has 0 radical (unpaired) electrons. The summed E-state index contributed by atoms with van der Waals surface area (Å²) in [6, 6.07) is 26.0. The maximum atomic E-state index is 6.87. The number of fused-ring (bicyclic) bond motifs is 2. The van der Waals surface area contributed by atoms with E-state index in [1.54, 1.807) is 0 Å². The third-order valence-electron chi connectivity index (χ3n) is 6.48. The van der Waals surface area contributed by atoms with Gasteiger partial charge >= 0.3 is 0 Å². The van der Waals surface area contributed by atoms with Crippen LogP contribution >= 0.6 is 0 Å². The lowest BCUT2D eigenvalue weighted by atomic mass is 9.62. The molecule has 0 fully saturated rings. The maximum absolute atomic E-state index is 6.87. The summed E-state index contributed by atoms with van der Waals surface area (Å²) in [5.74, 6) is 0. The maximum Gasteiger partial charge on any atom is 0.150 e. The Morgan fingerprint density at radius 3 is 2.30 bits per heavy atom. The SMILES string of the molecule is CC1=C2c3cccc4c3C2(OC1(C)C)c1ccccc1N4c1ccccc1. The number of rotatable bonds is 1. The van der Waals surface area contributed by atoms with E-state index < -0.39 is 5.60 Å². The van der Waals surface area contributed by atoms with Crippen molar-refractivity contribution in [2.24, 2.45) is 0 Å².